The van der Waals surface area contributed by atoms with Crippen LogP contribution in [-0.2, 0) is 0 Å². The lowest BCUT2D eigenvalue weighted by Crippen LogP contribution is -2.26. The standard InChI is InChI=1S/C17H28N2OS2.C2H6/c1-12(2)14-9-15(13(3)4)11-16(10-14)17(20)19-6-8-22-21-7-5-18;1-2/h9-13H,5-8,18H2,1-4H3,(H,19,20);1-2H3. The van der Waals surface area contributed by atoms with Gasteiger partial charge in [0.15, 0.2) is 0 Å². The minimum Gasteiger partial charge on any atom is -0.351 e. The van der Waals surface area contributed by atoms with Crippen molar-refractivity contribution >= 4 is 27.5 Å². The Kier molecular flexibility index (Phi) is 13.3. The van der Waals surface area contributed by atoms with Crippen LogP contribution >= 0.6 is 21.6 Å². The molecule has 0 saturated heterocycles. The van der Waals surface area contributed by atoms with Crippen molar-refractivity contribution in [2.45, 2.75) is 53.4 Å². The summed E-state index contributed by atoms with van der Waals surface area (Å²) in [6, 6.07) is 6.25. The maximum atomic E-state index is 12.3. The van der Waals surface area contributed by atoms with Gasteiger partial charge >= 0.3 is 0 Å². The average Bonchev–Trinajstić information content (AvgIpc) is 2.59. The first kappa shape index (κ1) is 23.4. The van der Waals surface area contributed by atoms with E-state index >= 15 is 0 Å². The van der Waals surface area contributed by atoms with Crippen molar-refractivity contribution in [3.8, 4) is 0 Å². The molecule has 1 aromatic carbocycles. The molecule has 0 fully saturated rings. The highest BCUT2D eigenvalue weighted by Crippen LogP contribution is 2.23. The molecule has 0 bridgehead atoms. The van der Waals surface area contributed by atoms with Crippen LogP contribution in [0.1, 0.15) is 74.9 Å². The third-order valence-corrected chi connectivity index (χ3v) is 5.77. The van der Waals surface area contributed by atoms with E-state index in [2.05, 4.69) is 39.1 Å². The summed E-state index contributed by atoms with van der Waals surface area (Å²) in [5.74, 6) is 2.72. The van der Waals surface area contributed by atoms with Crippen LogP contribution in [0.5, 0.6) is 0 Å². The Morgan fingerprint density at radius 3 is 1.96 bits per heavy atom. The molecule has 24 heavy (non-hydrogen) atoms. The summed E-state index contributed by atoms with van der Waals surface area (Å²) in [6.07, 6.45) is 0. The van der Waals surface area contributed by atoms with Gasteiger partial charge in [0.25, 0.3) is 5.91 Å². The lowest BCUT2D eigenvalue weighted by molar-refractivity contribution is 0.0956. The normalized spacial score (nSPS) is 10.5. The van der Waals surface area contributed by atoms with E-state index in [1.807, 2.05) is 26.0 Å². The Labute approximate surface area is 156 Å². The Bertz CT molecular complexity index is 450. The van der Waals surface area contributed by atoms with Gasteiger partial charge in [0.1, 0.15) is 0 Å². The van der Waals surface area contributed by atoms with Gasteiger partial charge in [-0.05, 0) is 35.1 Å². The van der Waals surface area contributed by atoms with E-state index in [4.69, 9.17) is 5.73 Å². The zero-order valence-electron chi connectivity index (χ0n) is 16.0. The van der Waals surface area contributed by atoms with E-state index in [1.165, 1.54) is 11.1 Å². The first-order chi connectivity index (χ1) is 11.5. The lowest BCUT2D eigenvalue weighted by Gasteiger charge is -2.14. The maximum absolute atomic E-state index is 12.3. The summed E-state index contributed by atoms with van der Waals surface area (Å²) in [5.41, 5.74) is 8.67. The molecule has 0 atom stereocenters. The number of rotatable bonds is 9. The number of carbonyl (C=O) groups is 1. The van der Waals surface area contributed by atoms with E-state index in [-0.39, 0.29) is 5.91 Å². The summed E-state index contributed by atoms with van der Waals surface area (Å²) in [5, 5.41) is 3.00. The average molecular weight is 371 g/mol. The number of benzene rings is 1. The lowest BCUT2D eigenvalue weighted by atomic mass is 9.93. The van der Waals surface area contributed by atoms with E-state index in [1.54, 1.807) is 21.6 Å². The van der Waals surface area contributed by atoms with Crippen LogP contribution in [-0.4, -0.2) is 30.5 Å². The van der Waals surface area contributed by atoms with E-state index in [9.17, 15) is 4.79 Å². The summed E-state index contributed by atoms with van der Waals surface area (Å²) >= 11 is 0. The van der Waals surface area contributed by atoms with Crippen molar-refractivity contribution in [2.24, 2.45) is 5.73 Å². The van der Waals surface area contributed by atoms with Crippen molar-refractivity contribution in [2.75, 3.05) is 24.6 Å². The van der Waals surface area contributed by atoms with Crippen LogP contribution in [0.4, 0.5) is 0 Å². The minimum absolute atomic E-state index is 0.0221. The Morgan fingerprint density at radius 1 is 1.00 bits per heavy atom. The monoisotopic (exact) mass is 370 g/mol. The molecule has 0 heterocycles. The molecular formula is C19H34N2OS2. The largest absolute Gasteiger partial charge is 0.351 e. The van der Waals surface area contributed by atoms with Crippen LogP contribution < -0.4 is 11.1 Å². The molecule has 0 saturated carbocycles. The fraction of sp³-hybridized carbons (Fsp3) is 0.632. The van der Waals surface area contributed by atoms with E-state index in [0.29, 0.717) is 24.9 Å². The van der Waals surface area contributed by atoms with Crippen molar-refractivity contribution in [1.29, 1.82) is 0 Å². The van der Waals surface area contributed by atoms with Crippen molar-refractivity contribution in [3.63, 3.8) is 0 Å². The Balaban J connectivity index is 0.00000254. The number of hydrogen-bond donors (Lipinski definition) is 2. The summed E-state index contributed by atoms with van der Waals surface area (Å²) in [7, 11) is 3.51. The quantitative estimate of drug-likeness (QED) is 0.473. The smallest absolute Gasteiger partial charge is 0.251 e. The number of amides is 1. The molecule has 5 heteroatoms. The molecule has 0 aromatic heterocycles. The van der Waals surface area contributed by atoms with Crippen LogP contribution in [0, 0.1) is 0 Å². The van der Waals surface area contributed by atoms with Crippen molar-refractivity contribution in [3.05, 3.63) is 34.9 Å². The minimum atomic E-state index is 0.0221. The van der Waals surface area contributed by atoms with Gasteiger partial charge in [-0.3, -0.25) is 4.79 Å². The first-order valence-electron chi connectivity index (χ1n) is 8.83. The SMILES string of the molecule is CC.CC(C)c1cc(C(=O)NCCSSCCN)cc(C(C)C)c1. The topological polar surface area (TPSA) is 55.1 Å². The van der Waals surface area contributed by atoms with Gasteiger partial charge in [0.05, 0.1) is 0 Å². The molecule has 138 valence electrons. The van der Waals surface area contributed by atoms with Gasteiger partial charge in [-0.1, -0.05) is 69.2 Å². The zero-order valence-corrected chi connectivity index (χ0v) is 17.7. The third-order valence-electron chi connectivity index (χ3n) is 3.33. The molecule has 1 rings (SSSR count). The van der Waals surface area contributed by atoms with Gasteiger partial charge < -0.3 is 11.1 Å². The summed E-state index contributed by atoms with van der Waals surface area (Å²) in [4.78, 5) is 12.3. The predicted molar refractivity (Wildman–Crippen MR) is 112 cm³/mol. The fourth-order valence-corrected chi connectivity index (χ4v) is 3.71. The molecule has 1 amide bonds. The van der Waals surface area contributed by atoms with E-state index in [0.717, 1.165) is 17.1 Å². The molecule has 0 aliphatic heterocycles. The molecule has 0 radical (unpaired) electrons. The third kappa shape index (κ3) is 9.00. The number of nitrogens with one attached hydrogen (secondary N) is 1. The van der Waals surface area contributed by atoms with Gasteiger partial charge in [0.2, 0.25) is 0 Å². The maximum Gasteiger partial charge on any atom is 0.251 e. The highest BCUT2D eigenvalue weighted by atomic mass is 33.1. The van der Waals surface area contributed by atoms with Gasteiger partial charge in [-0.25, -0.2) is 0 Å². The molecule has 0 aliphatic carbocycles. The molecule has 0 aliphatic rings. The highest BCUT2D eigenvalue weighted by molar-refractivity contribution is 8.76. The van der Waals surface area contributed by atoms with E-state index < -0.39 is 0 Å². The van der Waals surface area contributed by atoms with Crippen LogP contribution in [0.15, 0.2) is 18.2 Å². The summed E-state index contributed by atoms with van der Waals surface area (Å²) < 4.78 is 0. The molecule has 3 N–H and O–H groups in total. The highest BCUT2D eigenvalue weighted by Gasteiger charge is 2.12. The Hall–Kier alpha value is -0.650. The van der Waals surface area contributed by atoms with Crippen LogP contribution in [0.3, 0.4) is 0 Å². The number of nitrogens with two attached hydrogens (primary N) is 1. The molecule has 0 unspecified atom stereocenters. The molecule has 0 spiro atoms. The predicted octanol–water partition coefficient (Wildman–Crippen LogP) is 5.03. The number of carbonyl (C=O) groups excluding carboxylic acids is 1. The Morgan fingerprint density at radius 2 is 1.50 bits per heavy atom. The second kappa shape index (κ2) is 13.6. The van der Waals surface area contributed by atoms with Gasteiger partial charge in [-0.2, -0.15) is 0 Å². The molecule has 3 nitrogen and oxygen atoms in total. The number of hydrogen-bond acceptors (Lipinski definition) is 4. The van der Waals surface area contributed by atoms with Crippen molar-refractivity contribution in [1.82, 2.24) is 5.32 Å². The van der Waals surface area contributed by atoms with Gasteiger partial charge in [-0.15, -0.1) is 0 Å². The second-order valence-electron chi connectivity index (χ2n) is 5.89. The second-order valence-corrected chi connectivity index (χ2v) is 8.59. The fourth-order valence-electron chi connectivity index (χ4n) is 1.95. The first-order valence-corrected chi connectivity index (χ1v) is 11.3. The zero-order chi connectivity index (χ0) is 18.5. The van der Waals surface area contributed by atoms with Crippen LogP contribution in [0.2, 0.25) is 0 Å². The molecule has 1 aromatic rings. The van der Waals surface area contributed by atoms with Gasteiger partial charge in [0, 0.05) is 30.2 Å². The van der Waals surface area contributed by atoms with Crippen LogP contribution in [0.25, 0.3) is 0 Å². The van der Waals surface area contributed by atoms with Crippen molar-refractivity contribution < 1.29 is 4.79 Å². The molecular weight excluding hydrogens is 336 g/mol. The summed E-state index contributed by atoms with van der Waals surface area (Å²) in [6.45, 7) is 14.0.